The predicted octanol–water partition coefficient (Wildman–Crippen LogP) is -0.525. The lowest BCUT2D eigenvalue weighted by Gasteiger charge is -2.12. The van der Waals surface area contributed by atoms with Crippen molar-refractivity contribution >= 4 is 17.6 Å². The number of H-pyrrole nitrogens is 1. The fourth-order valence-corrected chi connectivity index (χ4v) is 2.35. The summed E-state index contributed by atoms with van der Waals surface area (Å²) in [7, 11) is 0. The highest BCUT2D eigenvalue weighted by molar-refractivity contribution is 8.00. The van der Waals surface area contributed by atoms with E-state index in [-0.39, 0.29) is 24.0 Å². The number of rotatable bonds is 2. The van der Waals surface area contributed by atoms with Gasteiger partial charge in [-0.15, -0.1) is 11.8 Å². The molecular formula is C8H11N3O3S. The van der Waals surface area contributed by atoms with Crippen LogP contribution in [0, 0.1) is 0 Å². The number of hydrogen-bond donors (Lipinski definition) is 3. The van der Waals surface area contributed by atoms with Crippen LogP contribution < -0.4 is 11.4 Å². The SMILES string of the molecule is Nc1[nH]c(=O)ncc1[C@H]1CS[C@@H](CO)O1. The minimum Gasteiger partial charge on any atom is -0.393 e. The highest BCUT2D eigenvalue weighted by Gasteiger charge is 2.28. The first kappa shape index (κ1) is 10.5. The average molecular weight is 229 g/mol. The van der Waals surface area contributed by atoms with Gasteiger partial charge in [-0.1, -0.05) is 0 Å². The van der Waals surface area contributed by atoms with Gasteiger partial charge in [0.2, 0.25) is 0 Å². The fraction of sp³-hybridized carbons (Fsp3) is 0.500. The molecule has 0 unspecified atom stereocenters. The van der Waals surface area contributed by atoms with Gasteiger partial charge in [-0.05, 0) is 0 Å². The molecule has 0 aliphatic carbocycles. The third kappa shape index (κ3) is 2.14. The van der Waals surface area contributed by atoms with Crippen LogP contribution in [0.15, 0.2) is 11.0 Å². The minimum absolute atomic E-state index is 0.0299. The summed E-state index contributed by atoms with van der Waals surface area (Å²) in [5.74, 6) is 0.975. The monoisotopic (exact) mass is 229 g/mol. The number of nitrogens with one attached hydrogen (secondary N) is 1. The molecular weight excluding hydrogens is 218 g/mol. The lowest BCUT2D eigenvalue weighted by molar-refractivity contribution is 0.0345. The normalized spacial score (nSPS) is 25.7. The quantitative estimate of drug-likeness (QED) is 0.630. The molecule has 2 atom stereocenters. The van der Waals surface area contributed by atoms with Crippen molar-refractivity contribution in [3.63, 3.8) is 0 Å². The van der Waals surface area contributed by atoms with Gasteiger partial charge in [0.1, 0.15) is 11.3 Å². The zero-order valence-corrected chi connectivity index (χ0v) is 8.66. The van der Waals surface area contributed by atoms with Crippen molar-refractivity contribution in [2.24, 2.45) is 0 Å². The van der Waals surface area contributed by atoms with Crippen molar-refractivity contribution in [1.82, 2.24) is 9.97 Å². The molecule has 6 nitrogen and oxygen atoms in total. The van der Waals surface area contributed by atoms with E-state index in [2.05, 4.69) is 9.97 Å². The second-order valence-corrected chi connectivity index (χ2v) is 4.32. The van der Waals surface area contributed by atoms with Gasteiger partial charge in [-0.3, -0.25) is 4.98 Å². The number of thioether (sulfide) groups is 1. The zero-order chi connectivity index (χ0) is 10.8. The van der Waals surface area contributed by atoms with Crippen LogP contribution in [-0.2, 0) is 4.74 Å². The Bertz CT molecular complexity index is 408. The summed E-state index contributed by atoms with van der Waals surface area (Å²) in [4.78, 5) is 16.8. The van der Waals surface area contributed by atoms with E-state index >= 15 is 0 Å². The Morgan fingerprint density at radius 1 is 1.80 bits per heavy atom. The summed E-state index contributed by atoms with van der Waals surface area (Å²) in [5.41, 5.74) is 5.61. The molecule has 1 aliphatic heterocycles. The molecule has 1 aliphatic rings. The van der Waals surface area contributed by atoms with Crippen LogP contribution in [0.5, 0.6) is 0 Å². The number of aliphatic hydroxyl groups excluding tert-OH is 1. The number of ether oxygens (including phenoxy) is 1. The highest BCUT2D eigenvalue weighted by atomic mass is 32.2. The Hall–Kier alpha value is -1.05. The molecule has 1 aromatic rings. The Morgan fingerprint density at radius 2 is 2.60 bits per heavy atom. The van der Waals surface area contributed by atoms with E-state index in [1.54, 1.807) is 0 Å². The second kappa shape index (κ2) is 4.21. The number of nitrogens with zero attached hydrogens (tertiary/aromatic N) is 1. The maximum Gasteiger partial charge on any atom is 0.346 e. The molecule has 0 amide bonds. The Balaban J connectivity index is 2.20. The van der Waals surface area contributed by atoms with Crippen LogP contribution in [0.25, 0.3) is 0 Å². The van der Waals surface area contributed by atoms with E-state index in [1.807, 2.05) is 0 Å². The predicted molar refractivity (Wildman–Crippen MR) is 56.4 cm³/mol. The second-order valence-electron chi connectivity index (χ2n) is 3.13. The first-order chi connectivity index (χ1) is 7.20. The molecule has 82 valence electrons. The van der Waals surface area contributed by atoms with Gasteiger partial charge in [0.15, 0.2) is 0 Å². The molecule has 0 radical (unpaired) electrons. The molecule has 1 saturated heterocycles. The zero-order valence-electron chi connectivity index (χ0n) is 7.84. The number of nitrogens with two attached hydrogens (primary N) is 1. The number of aliphatic hydroxyl groups is 1. The molecule has 0 saturated carbocycles. The van der Waals surface area contributed by atoms with Crippen LogP contribution in [0.1, 0.15) is 11.7 Å². The lowest BCUT2D eigenvalue weighted by atomic mass is 10.2. The van der Waals surface area contributed by atoms with Crippen LogP contribution in [0.4, 0.5) is 5.82 Å². The molecule has 7 heteroatoms. The fourth-order valence-electron chi connectivity index (χ4n) is 1.39. The van der Waals surface area contributed by atoms with Gasteiger partial charge < -0.3 is 15.6 Å². The Labute approximate surface area is 89.9 Å². The van der Waals surface area contributed by atoms with E-state index in [9.17, 15) is 4.79 Å². The van der Waals surface area contributed by atoms with Crippen LogP contribution in [-0.4, -0.2) is 32.9 Å². The first-order valence-corrected chi connectivity index (χ1v) is 5.48. The number of nitrogen functional groups attached to an aromatic ring is 1. The summed E-state index contributed by atoms with van der Waals surface area (Å²) >= 11 is 1.51. The van der Waals surface area contributed by atoms with Gasteiger partial charge in [0.05, 0.1) is 12.7 Å². The minimum atomic E-state index is -0.472. The molecule has 4 N–H and O–H groups in total. The van der Waals surface area contributed by atoms with Gasteiger partial charge >= 0.3 is 5.69 Å². The van der Waals surface area contributed by atoms with E-state index in [0.29, 0.717) is 11.3 Å². The Morgan fingerprint density at radius 3 is 3.20 bits per heavy atom. The van der Waals surface area contributed by atoms with Crippen molar-refractivity contribution in [3.8, 4) is 0 Å². The molecule has 0 bridgehead atoms. The summed E-state index contributed by atoms with van der Waals surface area (Å²) < 4.78 is 5.49. The molecule has 0 aromatic carbocycles. The summed E-state index contributed by atoms with van der Waals surface area (Å²) in [6.07, 6.45) is 1.20. The summed E-state index contributed by atoms with van der Waals surface area (Å²) in [5, 5.41) is 8.89. The molecule has 1 aromatic heterocycles. The van der Waals surface area contributed by atoms with Crippen LogP contribution >= 0.6 is 11.8 Å². The number of anilines is 1. The van der Waals surface area contributed by atoms with E-state index in [0.717, 1.165) is 0 Å². The van der Waals surface area contributed by atoms with Crippen LogP contribution in [0.3, 0.4) is 0 Å². The van der Waals surface area contributed by atoms with Gasteiger partial charge in [-0.25, -0.2) is 9.78 Å². The largest absolute Gasteiger partial charge is 0.393 e. The first-order valence-electron chi connectivity index (χ1n) is 4.43. The van der Waals surface area contributed by atoms with Gasteiger partial charge in [0.25, 0.3) is 0 Å². The van der Waals surface area contributed by atoms with Crippen molar-refractivity contribution < 1.29 is 9.84 Å². The van der Waals surface area contributed by atoms with Gasteiger partial charge in [-0.2, -0.15) is 0 Å². The molecule has 0 spiro atoms. The third-order valence-corrected chi connectivity index (χ3v) is 3.25. The number of aromatic nitrogens is 2. The van der Waals surface area contributed by atoms with Crippen molar-refractivity contribution in [2.45, 2.75) is 11.5 Å². The van der Waals surface area contributed by atoms with E-state index in [1.165, 1.54) is 18.0 Å². The molecule has 2 heterocycles. The van der Waals surface area contributed by atoms with Crippen molar-refractivity contribution in [1.29, 1.82) is 0 Å². The maximum absolute atomic E-state index is 10.8. The maximum atomic E-state index is 10.8. The van der Waals surface area contributed by atoms with Crippen molar-refractivity contribution in [2.75, 3.05) is 18.1 Å². The van der Waals surface area contributed by atoms with Crippen molar-refractivity contribution in [3.05, 3.63) is 22.2 Å². The van der Waals surface area contributed by atoms with Gasteiger partial charge in [0, 0.05) is 17.5 Å². The smallest absolute Gasteiger partial charge is 0.346 e. The van der Waals surface area contributed by atoms with Crippen LogP contribution in [0.2, 0.25) is 0 Å². The number of aromatic amines is 1. The molecule has 15 heavy (non-hydrogen) atoms. The summed E-state index contributed by atoms with van der Waals surface area (Å²) in [6, 6.07) is 0. The molecule has 1 fully saturated rings. The highest BCUT2D eigenvalue weighted by Crippen LogP contribution is 2.35. The topological polar surface area (TPSA) is 101 Å². The van der Waals surface area contributed by atoms with E-state index < -0.39 is 5.69 Å². The molecule has 2 rings (SSSR count). The average Bonchev–Trinajstić information content (AvgIpc) is 2.66. The Kier molecular flexibility index (Phi) is 2.94. The summed E-state index contributed by atoms with van der Waals surface area (Å²) in [6.45, 7) is -0.0299. The van der Waals surface area contributed by atoms with E-state index in [4.69, 9.17) is 15.6 Å². The standard InChI is InChI=1S/C8H11N3O3S/c9-7-4(1-10-8(13)11-7)5-3-15-6(2-12)14-5/h1,5-6,12H,2-3H2,(H3,9,10,11,13)/t5-,6+/m1/s1. The lowest BCUT2D eigenvalue weighted by Crippen LogP contribution is -2.17. The number of hydrogen-bond acceptors (Lipinski definition) is 6. The third-order valence-electron chi connectivity index (χ3n) is 2.12.